The van der Waals surface area contributed by atoms with Crippen molar-refractivity contribution in [3.63, 3.8) is 0 Å². The van der Waals surface area contributed by atoms with Gasteiger partial charge in [-0.3, -0.25) is 9.59 Å². The Morgan fingerprint density at radius 1 is 1.25 bits per heavy atom. The molecule has 2 amide bonds. The summed E-state index contributed by atoms with van der Waals surface area (Å²) in [7, 11) is 0. The number of carbonyl (C=O) groups excluding carboxylic acids is 2. The summed E-state index contributed by atoms with van der Waals surface area (Å²) in [5, 5.41) is 2.98. The molecule has 2 fully saturated rings. The van der Waals surface area contributed by atoms with Crippen molar-refractivity contribution in [1.82, 2.24) is 10.2 Å². The minimum absolute atomic E-state index is 0.0536. The van der Waals surface area contributed by atoms with Gasteiger partial charge >= 0.3 is 0 Å². The van der Waals surface area contributed by atoms with Gasteiger partial charge in [0.1, 0.15) is 6.04 Å². The van der Waals surface area contributed by atoms with Crippen LogP contribution in [0.5, 0.6) is 0 Å². The normalized spacial score (nSPS) is 24.2. The first-order chi connectivity index (χ1) is 11.6. The summed E-state index contributed by atoms with van der Waals surface area (Å²) >= 11 is 0. The molecule has 0 aromatic heterocycles. The maximum absolute atomic E-state index is 12.5. The first kappa shape index (κ1) is 17.0. The van der Waals surface area contributed by atoms with Gasteiger partial charge in [-0.25, -0.2) is 0 Å². The van der Waals surface area contributed by atoms with Crippen LogP contribution < -0.4 is 5.32 Å². The maximum atomic E-state index is 12.5. The van der Waals surface area contributed by atoms with Gasteiger partial charge in [0.25, 0.3) is 0 Å². The molecular formula is C19H26N2O3. The third-order valence-corrected chi connectivity index (χ3v) is 4.88. The number of hydrogen-bond donors (Lipinski definition) is 1. The van der Waals surface area contributed by atoms with Crippen molar-refractivity contribution in [2.24, 2.45) is 0 Å². The third kappa shape index (κ3) is 4.15. The van der Waals surface area contributed by atoms with Crippen LogP contribution in [-0.2, 0) is 20.9 Å². The van der Waals surface area contributed by atoms with Crippen LogP contribution in [0.2, 0.25) is 0 Å². The second-order valence-corrected chi connectivity index (χ2v) is 6.80. The molecule has 5 heteroatoms. The smallest absolute Gasteiger partial charge is 0.242 e. The van der Waals surface area contributed by atoms with Gasteiger partial charge in [-0.05, 0) is 38.2 Å². The van der Waals surface area contributed by atoms with Gasteiger partial charge in [0.05, 0.1) is 6.10 Å². The van der Waals surface area contributed by atoms with Crippen LogP contribution in [0.1, 0.15) is 43.2 Å². The van der Waals surface area contributed by atoms with E-state index in [1.54, 1.807) is 4.90 Å². The SMILES string of the molecule is Cc1ccc(CN2C(=O)CC[C@H]2C(=O)NC[C@H]2CCCCO2)cc1. The van der Waals surface area contributed by atoms with Crippen molar-refractivity contribution in [3.8, 4) is 0 Å². The molecule has 130 valence electrons. The Bertz CT molecular complexity index is 579. The van der Waals surface area contributed by atoms with Gasteiger partial charge in [0.2, 0.25) is 11.8 Å². The average Bonchev–Trinajstić information content (AvgIpc) is 2.96. The number of carbonyl (C=O) groups is 2. The number of likely N-dealkylation sites (tertiary alicyclic amines) is 1. The van der Waals surface area contributed by atoms with Crippen LogP contribution in [-0.4, -0.2) is 42.0 Å². The van der Waals surface area contributed by atoms with E-state index < -0.39 is 0 Å². The van der Waals surface area contributed by atoms with Gasteiger partial charge in [-0.2, -0.15) is 0 Å². The van der Waals surface area contributed by atoms with Crippen LogP contribution in [0, 0.1) is 6.92 Å². The van der Waals surface area contributed by atoms with E-state index in [0.717, 1.165) is 31.4 Å². The molecule has 1 N–H and O–H groups in total. The number of rotatable bonds is 5. The lowest BCUT2D eigenvalue weighted by Crippen LogP contribution is -2.46. The highest BCUT2D eigenvalue weighted by atomic mass is 16.5. The lowest BCUT2D eigenvalue weighted by Gasteiger charge is -2.26. The van der Waals surface area contributed by atoms with Crippen LogP contribution in [0.15, 0.2) is 24.3 Å². The molecule has 0 radical (unpaired) electrons. The highest BCUT2D eigenvalue weighted by molar-refractivity contribution is 5.90. The van der Waals surface area contributed by atoms with E-state index in [1.165, 1.54) is 5.56 Å². The largest absolute Gasteiger partial charge is 0.376 e. The first-order valence-corrected chi connectivity index (χ1v) is 8.88. The van der Waals surface area contributed by atoms with Crippen molar-refractivity contribution < 1.29 is 14.3 Å². The first-order valence-electron chi connectivity index (χ1n) is 8.88. The average molecular weight is 330 g/mol. The van der Waals surface area contributed by atoms with Gasteiger partial charge in [-0.1, -0.05) is 29.8 Å². The number of amides is 2. The van der Waals surface area contributed by atoms with E-state index in [0.29, 0.717) is 25.9 Å². The fourth-order valence-electron chi connectivity index (χ4n) is 3.40. The molecule has 1 aromatic carbocycles. The Hall–Kier alpha value is -1.88. The van der Waals surface area contributed by atoms with Crippen molar-refractivity contribution in [1.29, 1.82) is 0 Å². The van der Waals surface area contributed by atoms with E-state index >= 15 is 0 Å². The van der Waals surface area contributed by atoms with Gasteiger partial charge in [0.15, 0.2) is 0 Å². The summed E-state index contributed by atoms with van der Waals surface area (Å²) in [4.78, 5) is 26.4. The number of hydrogen-bond acceptors (Lipinski definition) is 3. The summed E-state index contributed by atoms with van der Waals surface area (Å²) in [5.41, 5.74) is 2.25. The number of aryl methyl sites for hydroxylation is 1. The quantitative estimate of drug-likeness (QED) is 0.900. The molecule has 0 bridgehead atoms. The molecule has 1 aromatic rings. The molecule has 2 atom stereocenters. The molecule has 3 rings (SSSR count). The fourth-order valence-corrected chi connectivity index (χ4v) is 3.40. The third-order valence-electron chi connectivity index (χ3n) is 4.88. The summed E-state index contributed by atoms with van der Waals surface area (Å²) in [6.07, 6.45) is 4.42. The van der Waals surface area contributed by atoms with E-state index in [4.69, 9.17) is 4.74 Å². The topological polar surface area (TPSA) is 58.6 Å². The molecule has 24 heavy (non-hydrogen) atoms. The second-order valence-electron chi connectivity index (χ2n) is 6.80. The molecule has 2 saturated heterocycles. The number of nitrogens with one attached hydrogen (secondary N) is 1. The zero-order chi connectivity index (χ0) is 16.9. The van der Waals surface area contributed by atoms with Gasteiger partial charge < -0.3 is 15.0 Å². The monoisotopic (exact) mass is 330 g/mol. The molecule has 0 unspecified atom stereocenters. The lowest BCUT2D eigenvalue weighted by molar-refractivity contribution is -0.136. The van der Waals surface area contributed by atoms with Crippen molar-refractivity contribution in [3.05, 3.63) is 35.4 Å². The summed E-state index contributed by atoms with van der Waals surface area (Å²) in [6.45, 7) is 3.86. The van der Waals surface area contributed by atoms with Crippen molar-refractivity contribution >= 4 is 11.8 Å². The second kappa shape index (κ2) is 7.79. The predicted octanol–water partition coefficient (Wildman–Crippen LogP) is 2.17. The lowest BCUT2D eigenvalue weighted by atomic mass is 10.1. The summed E-state index contributed by atoms with van der Waals surface area (Å²) in [5.74, 6) is 0.00627. The van der Waals surface area contributed by atoms with E-state index in [2.05, 4.69) is 5.32 Å². The minimum atomic E-state index is -0.359. The number of benzene rings is 1. The Morgan fingerprint density at radius 3 is 2.75 bits per heavy atom. The zero-order valence-corrected chi connectivity index (χ0v) is 14.3. The number of ether oxygens (including phenoxy) is 1. The molecule has 0 saturated carbocycles. The van der Waals surface area contributed by atoms with E-state index in [-0.39, 0.29) is 24.0 Å². The highest BCUT2D eigenvalue weighted by Gasteiger charge is 2.36. The van der Waals surface area contributed by atoms with Gasteiger partial charge in [-0.15, -0.1) is 0 Å². The van der Waals surface area contributed by atoms with Crippen LogP contribution in [0.3, 0.4) is 0 Å². The Labute approximate surface area is 143 Å². The van der Waals surface area contributed by atoms with E-state index in [9.17, 15) is 9.59 Å². The Morgan fingerprint density at radius 2 is 2.04 bits per heavy atom. The Kier molecular flexibility index (Phi) is 5.51. The molecule has 0 spiro atoms. The van der Waals surface area contributed by atoms with Gasteiger partial charge in [0, 0.05) is 26.1 Å². The molecule has 5 nitrogen and oxygen atoms in total. The summed E-state index contributed by atoms with van der Waals surface area (Å²) in [6, 6.07) is 7.75. The van der Waals surface area contributed by atoms with Crippen LogP contribution >= 0.6 is 0 Å². The standard InChI is InChI=1S/C19H26N2O3/c1-14-5-7-15(8-6-14)13-21-17(9-10-18(21)22)19(23)20-12-16-4-2-3-11-24-16/h5-8,16-17H,2-4,9-13H2,1H3,(H,20,23)/t16-,17+/m1/s1. The molecule has 2 aliphatic heterocycles. The Balaban J connectivity index is 1.57. The molecule has 0 aliphatic carbocycles. The van der Waals surface area contributed by atoms with E-state index in [1.807, 2.05) is 31.2 Å². The molecule has 2 aliphatic rings. The zero-order valence-electron chi connectivity index (χ0n) is 14.3. The highest BCUT2D eigenvalue weighted by Crippen LogP contribution is 2.22. The van der Waals surface area contributed by atoms with Crippen molar-refractivity contribution in [2.75, 3.05) is 13.2 Å². The predicted molar refractivity (Wildman–Crippen MR) is 91.4 cm³/mol. The summed E-state index contributed by atoms with van der Waals surface area (Å²) < 4.78 is 5.65. The maximum Gasteiger partial charge on any atom is 0.242 e. The number of nitrogens with zero attached hydrogens (tertiary/aromatic N) is 1. The molecule has 2 heterocycles. The van der Waals surface area contributed by atoms with Crippen LogP contribution in [0.25, 0.3) is 0 Å². The van der Waals surface area contributed by atoms with Crippen molar-refractivity contribution in [2.45, 2.75) is 57.7 Å². The minimum Gasteiger partial charge on any atom is -0.376 e. The molecular weight excluding hydrogens is 304 g/mol. The fraction of sp³-hybridized carbons (Fsp3) is 0.579. The van der Waals surface area contributed by atoms with Crippen LogP contribution in [0.4, 0.5) is 0 Å².